The van der Waals surface area contributed by atoms with E-state index in [1.165, 1.54) is 0 Å². The Balaban J connectivity index is 3.44. The summed E-state index contributed by atoms with van der Waals surface area (Å²) < 4.78 is 21.7. The van der Waals surface area contributed by atoms with Crippen molar-refractivity contribution in [3.8, 4) is 0 Å². The molecule has 5 heteroatoms. The lowest BCUT2D eigenvalue weighted by Gasteiger charge is -2.17. The van der Waals surface area contributed by atoms with E-state index in [-0.39, 0.29) is 6.29 Å². The molecule has 0 aromatic carbocycles. The minimum atomic E-state index is -0.128. The summed E-state index contributed by atoms with van der Waals surface area (Å²) in [6, 6.07) is 0. The molecule has 0 aliphatic carbocycles. The van der Waals surface area contributed by atoms with Crippen LogP contribution in [0.15, 0.2) is 0 Å². The number of rotatable bonds is 10. The van der Waals surface area contributed by atoms with Crippen molar-refractivity contribution in [2.24, 2.45) is 0 Å². The monoisotopic (exact) mass is 318 g/mol. The first-order chi connectivity index (χ1) is 6.85. The summed E-state index contributed by atoms with van der Waals surface area (Å²) in [5.74, 6) is 0. The van der Waals surface area contributed by atoms with E-state index in [1.54, 1.807) is 14.2 Å². The quantitative estimate of drug-likeness (QED) is 0.264. The van der Waals surface area contributed by atoms with Crippen LogP contribution in [0.25, 0.3) is 0 Å². The van der Waals surface area contributed by atoms with Crippen LogP contribution in [-0.4, -0.2) is 51.4 Å². The molecule has 0 bridgehead atoms. The number of alkyl halides is 1. The molecule has 0 radical (unpaired) electrons. The Morgan fingerprint density at radius 2 is 1.43 bits per heavy atom. The topological polar surface area (TPSA) is 36.9 Å². The highest BCUT2D eigenvalue weighted by atomic mass is 127. The molecule has 0 heterocycles. The van der Waals surface area contributed by atoms with Crippen LogP contribution in [0.1, 0.15) is 6.42 Å². The van der Waals surface area contributed by atoms with E-state index in [4.69, 9.17) is 18.9 Å². The normalized spacial score (nSPS) is 11.1. The summed E-state index contributed by atoms with van der Waals surface area (Å²) in [4.78, 5) is 0. The van der Waals surface area contributed by atoms with E-state index in [2.05, 4.69) is 22.6 Å². The Labute approximate surface area is 99.4 Å². The van der Waals surface area contributed by atoms with Gasteiger partial charge in [-0.05, 0) is 0 Å². The van der Waals surface area contributed by atoms with Crippen molar-refractivity contribution in [3.05, 3.63) is 0 Å². The maximum atomic E-state index is 5.46. The highest BCUT2D eigenvalue weighted by molar-refractivity contribution is 14.1. The molecular formula is C9H19IO4. The average Bonchev–Trinajstić information content (AvgIpc) is 2.18. The number of methoxy groups -OCH3 is 2. The molecule has 0 unspecified atom stereocenters. The highest BCUT2D eigenvalue weighted by Gasteiger charge is 2.07. The van der Waals surface area contributed by atoms with Gasteiger partial charge in [-0.1, -0.05) is 22.6 Å². The average molecular weight is 318 g/mol. The van der Waals surface area contributed by atoms with Gasteiger partial charge in [0, 0.05) is 25.1 Å². The van der Waals surface area contributed by atoms with Crippen LogP contribution < -0.4 is 0 Å². The van der Waals surface area contributed by atoms with Gasteiger partial charge in [-0.15, -0.1) is 0 Å². The second-order valence-electron chi connectivity index (χ2n) is 2.63. The molecule has 0 aromatic heterocycles. The van der Waals surface area contributed by atoms with Crippen molar-refractivity contribution < 1.29 is 18.9 Å². The van der Waals surface area contributed by atoms with Gasteiger partial charge in [0.2, 0.25) is 0 Å². The Morgan fingerprint density at radius 1 is 0.929 bits per heavy atom. The zero-order valence-corrected chi connectivity index (χ0v) is 11.0. The van der Waals surface area contributed by atoms with Crippen molar-refractivity contribution >= 4 is 22.6 Å². The molecule has 0 atom stereocenters. The molecule has 86 valence electrons. The van der Waals surface area contributed by atoms with E-state index < -0.39 is 0 Å². The van der Waals surface area contributed by atoms with Gasteiger partial charge in [0.1, 0.15) is 0 Å². The molecular weight excluding hydrogens is 299 g/mol. The van der Waals surface area contributed by atoms with Gasteiger partial charge in [0.05, 0.1) is 26.4 Å². The third-order valence-electron chi connectivity index (χ3n) is 1.53. The third-order valence-corrected chi connectivity index (χ3v) is 2.15. The fourth-order valence-corrected chi connectivity index (χ4v) is 1.34. The molecule has 0 amide bonds. The fraction of sp³-hybridized carbons (Fsp3) is 1.00. The zero-order valence-electron chi connectivity index (χ0n) is 8.83. The van der Waals surface area contributed by atoms with E-state index in [9.17, 15) is 0 Å². The molecule has 14 heavy (non-hydrogen) atoms. The van der Waals surface area contributed by atoms with Crippen LogP contribution in [0.2, 0.25) is 0 Å². The minimum Gasteiger partial charge on any atom is -0.382 e. The standard InChI is InChI=1S/C9H19IO4/c1-11-5-7-13-9(3-4-10)14-8-6-12-2/h9H,3-8H2,1-2H3. The molecule has 0 fully saturated rings. The summed E-state index contributed by atoms with van der Waals surface area (Å²) in [6.45, 7) is 2.35. The maximum absolute atomic E-state index is 5.46. The van der Waals surface area contributed by atoms with Gasteiger partial charge in [0.25, 0.3) is 0 Å². The minimum absolute atomic E-state index is 0.128. The van der Waals surface area contributed by atoms with E-state index in [0.717, 1.165) is 10.8 Å². The number of hydrogen-bond acceptors (Lipinski definition) is 4. The van der Waals surface area contributed by atoms with Crippen LogP contribution in [0.3, 0.4) is 0 Å². The Hall–Kier alpha value is 0.570. The zero-order chi connectivity index (χ0) is 10.6. The first kappa shape index (κ1) is 14.6. The van der Waals surface area contributed by atoms with Crippen LogP contribution >= 0.6 is 22.6 Å². The smallest absolute Gasteiger partial charge is 0.158 e. The maximum Gasteiger partial charge on any atom is 0.158 e. The fourth-order valence-electron chi connectivity index (χ4n) is 0.830. The van der Waals surface area contributed by atoms with Gasteiger partial charge in [-0.25, -0.2) is 0 Å². The van der Waals surface area contributed by atoms with Gasteiger partial charge in [0.15, 0.2) is 6.29 Å². The second-order valence-corrected chi connectivity index (χ2v) is 3.71. The van der Waals surface area contributed by atoms with E-state index in [0.29, 0.717) is 26.4 Å². The molecule has 4 nitrogen and oxygen atoms in total. The Morgan fingerprint density at radius 3 is 1.79 bits per heavy atom. The van der Waals surface area contributed by atoms with Crippen LogP contribution in [-0.2, 0) is 18.9 Å². The lowest BCUT2D eigenvalue weighted by molar-refractivity contribution is -0.155. The first-order valence-electron chi connectivity index (χ1n) is 4.62. The summed E-state index contributed by atoms with van der Waals surface area (Å²) in [6.07, 6.45) is 0.769. The van der Waals surface area contributed by atoms with Gasteiger partial charge in [-0.2, -0.15) is 0 Å². The molecule has 0 rings (SSSR count). The lowest BCUT2D eigenvalue weighted by Crippen LogP contribution is -2.22. The number of hydrogen-bond donors (Lipinski definition) is 0. The van der Waals surface area contributed by atoms with Crippen LogP contribution in [0.4, 0.5) is 0 Å². The van der Waals surface area contributed by atoms with Gasteiger partial charge < -0.3 is 18.9 Å². The molecule has 0 saturated heterocycles. The number of halogens is 1. The summed E-state index contributed by atoms with van der Waals surface area (Å²) in [5.41, 5.74) is 0. The van der Waals surface area contributed by atoms with Crippen molar-refractivity contribution in [1.82, 2.24) is 0 Å². The van der Waals surface area contributed by atoms with Gasteiger partial charge in [-0.3, -0.25) is 0 Å². The Bertz CT molecular complexity index is 103. The van der Waals surface area contributed by atoms with Crippen molar-refractivity contribution in [2.75, 3.05) is 45.1 Å². The summed E-state index contributed by atoms with van der Waals surface area (Å²) >= 11 is 2.30. The lowest BCUT2D eigenvalue weighted by atomic mass is 10.5. The van der Waals surface area contributed by atoms with Gasteiger partial charge >= 0.3 is 0 Å². The van der Waals surface area contributed by atoms with Crippen LogP contribution in [0.5, 0.6) is 0 Å². The molecule has 0 N–H and O–H groups in total. The predicted octanol–water partition coefficient (Wildman–Crippen LogP) is 1.46. The first-order valence-corrected chi connectivity index (χ1v) is 6.14. The predicted molar refractivity (Wildman–Crippen MR) is 62.9 cm³/mol. The Kier molecular flexibility index (Phi) is 12.1. The second kappa shape index (κ2) is 11.6. The van der Waals surface area contributed by atoms with E-state index >= 15 is 0 Å². The highest BCUT2D eigenvalue weighted by Crippen LogP contribution is 2.03. The molecule has 0 spiro atoms. The molecule has 0 aliphatic heterocycles. The SMILES string of the molecule is COCCOC(CCI)OCCOC. The largest absolute Gasteiger partial charge is 0.382 e. The molecule has 0 aromatic rings. The summed E-state index contributed by atoms with van der Waals surface area (Å²) in [5, 5.41) is 0. The van der Waals surface area contributed by atoms with E-state index in [1.807, 2.05) is 0 Å². The van der Waals surface area contributed by atoms with Crippen molar-refractivity contribution in [3.63, 3.8) is 0 Å². The molecule has 0 aliphatic rings. The van der Waals surface area contributed by atoms with Crippen molar-refractivity contribution in [2.45, 2.75) is 12.7 Å². The molecule has 0 saturated carbocycles. The van der Waals surface area contributed by atoms with Crippen molar-refractivity contribution in [1.29, 1.82) is 0 Å². The number of ether oxygens (including phenoxy) is 4. The van der Waals surface area contributed by atoms with Crippen LogP contribution in [0, 0.1) is 0 Å². The third kappa shape index (κ3) is 9.14. The summed E-state index contributed by atoms with van der Waals surface area (Å²) in [7, 11) is 3.31.